The molecular formula is C23H37IN4O3. The molecule has 2 unspecified atom stereocenters. The van der Waals surface area contributed by atoms with Crippen molar-refractivity contribution >= 4 is 35.9 Å². The van der Waals surface area contributed by atoms with Crippen molar-refractivity contribution in [3.63, 3.8) is 0 Å². The topological polar surface area (TPSA) is 66.4 Å². The summed E-state index contributed by atoms with van der Waals surface area (Å²) in [7, 11) is 3.51. The van der Waals surface area contributed by atoms with E-state index in [1.54, 1.807) is 7.11 Å². The molecular weight excluding hydrogens is 507 g/mol. The highest BCUT2D eigenvalue weighted by Crippen LogP contribution is 2.26. The summed E-state index contributed by atoms with van der Waals surface area (Å²) in [4.78, 5) is 21.5. The number of nitrogens with zero attached hydrogens (tertiary/aromatic N) is 3. The van der Waals surface area contributed by atoms with E-state index >= 15 is 0 Å². The van der Waals surface area contributed by atoms with E-state index in [0.29, 0.717) is 13.2 Å². The van der Waals surface area contributed by atoms with Crippen LogP contribution in [0.5, 0.6) is 5.75 Å². The van der Waals surface area contributed by atoms with Crippen LogP contribution in [-0.2, 0) is 9.53 Å². The normalized spacial score (nSPS) is 20.7. The molecule has 2 fully saturated rings. The van der Waals surface area contributed by atoms with Crippen molar-refractivity contribution in [3.05, 3.63) is 29.8 Å². The summed E-state index contributed by atoms with van der Waals surface area (Å²) < 4.78 is 10.6. The molecule has 2 heterocycles. The van der Waals surface area contributed by atoms with Crippen molar-refractivity contribution in [1.29, 1.82) is 0 Å². The molecule has 31 heavy (non-hydrogen) atoms. The Hall–Kier alpha value is -1.55. The number of methoxy groups -OCH3 is 1. The maximum atomic E-state index is 12.2. The van der Waals surface area contributed by atoms with Gasteiger partial charge in [0, 0.05) is 26.7 Å². The maximum absolute atomic E-state index is 12.2. The van der Waals surface area contributed by atoms with Crippen LogP contribution in [0.15, 0.2) is 29.3 Å². The molecule has 2 aliphatic heterocycles. The van der Waals surface area contributed by atoms with Crippen molar-refractivity contribution in [3.8, 4) is 5.75 Å². The first-order valence-corrected chi connectivity index (χ1v) is 11.2. The molecule has 3 rings (SSSR count). The minimum absolute atomic E-state index is 0. The molecule has 0 aliphatic carbocycles. The Bertz CT molecular complexity index is 707. The molecule has 0 radical (unpaired) electrons. The Morgan fingerprint density at radius 3 is 2.52 bits per heavy atom. The Labute approximate surface area is 203 Å². The standard InChI is InChI=1S/C23H36N4O3.HI/c1-4-30-22(28)19-8-7-15-27(17-19)23(24-2)25-16-21(26-13-5-6-14-26)18-9-11-20(29-3)12-10-18;/h9-12,19,21H,4-8,13-17H2,1-3H3,(H,24,25);1H. The van der Waals surface area contributed by atoms with Crippen LogP contribution in [0.4, 0.5) is 0 Å². The zero-order valence-corrected chi connectivity index (χ0v) is 21.3. The number of carbonyl (C=O) groups is 1. The molecule has 0 bridgehead atoms. The third-order valence-electron chi connectivity index (χ3n) is 6.09. The lowest BCUT2D eigenvalue weighted by Gasteiger charge is -2.35. The van der Waals surface area contributed by atoms with E-state index in [-0.39, 0.29) is 41.9 Å². The van der Waals surface area contributed by atoms with Gasteiger partial charge in [-0.3, -0.25) is 14.7 Å². The second-order valence-electron chi connectivity index (χ2n) is 8.00. The number of esters is 1. The fourth-order valence-electron chi connectivity index (χ4n) is 4.48. The summed E-state index contributed by atoms with van der Waals surface area (Å²) in [6, 6.07) is 8.65. The van der Waals surface area contributed by atoms with Gasteiger partial charge in [0.25, 0.3) is 0 Å². The third-order valence-corrected chi connectivity index (χ3v) is 6.09. The minimum Gasteiger partial charge on any atom is -0.497 e. The predicted molar refractivity (Wildman–Crippen MR) is 134 cm³/mol. The van der Waals surface area contributed by atoms with Gasteiger partial charge in [-0.05, 0) is 63.4 Å². The van der Waals surface area contributed by atoms with Gasteiger partial charge in [0.2, 0.25) is 0 Å². The van der Waals surface area contributed by atoms with Crippen LogP contribution in [0.3, 0.4) is 0 Å². The van der Waals surface area contributed by atoms with Crippen LogP contribution >= 0.6 is 24.0 Å². The van der Waals surface area contributed by atoms with E-state index in [9.17, 15) is 4.79 Å². The first-order chi connectivity index (χ1) is 14.7. The van der Waals surface area contributed by atoms with Gasteiger partial charge in [-0.2, -0.15) is 0 Å². The van der Waals surface area contributed by atoms with Gasteiger partial charge < -0.3 is 19.7 Å². The van der Waals surface area contributed by atoms with Gasteiger partial charge in [-0.15, -0.1) is 24.0 Å². The van der Waals surface area contributed by atoms with Crippen LogP contribution in [0.2, 0.25) is 0 Å². The van der Waals surface area contributed by atoms with Gasteiger partial charge in [-0.1, -0.05) is 12.1 Å². The summed E-state index contributed by atoms with van der Waals surface area (Å²) in [6.45, 7) is 6.87. The summed E-state index contributed by atoms with van der Waals surface area (Å²) >= 11 is 0. The summed E-state index contributed by atoms with van der Waals surface area (Å²) in [5.41, 5.74) is 1.28. The Balaban J connectivity index is 0.00000341. The molecule has 0 aromatic heterocycles. The highest BCUT2D eigenvalue weighted by molar-refractivity contribution is 14.0. The van der Waals surface area contributed by atoms with Gasteiger partial charge in [0.15, 0.2) is 5.96 Å². The van der Waals surface area contributed by atoms with Crippen molar-refractivity contribution in [2.24, 2.45) is 10.9 Å². The fourth-order valence-corrected chi connectivity index (χ4v) is 4.48. The van der Waals surface area contributed by atoms with Crippen molar-refractivity contribution in [2.45, 2.75) is 38.6 Å². The number of halogens is 1. The number of hydrogen-bond acceptors (Lipinski definition) is 5. The molecule has 174 valence electrons. The molecule has 2 aliphatic rings. The number of likely N-dealkylation sites (tertiary alicyclic amines) is 2. The Morgan fingerprint density at radius 2 is 1.90 bits per heavy atom. The predicted octanol–water partition coefficient (Wildman–Crippen LogP) is 3.30. The summed E-state index contributed by atoms with van der Waals surface area (Å²) in [5, 5.41) is 3.59. The molecule has 1 aromatic rings. The van der Waals surface area contributed by atoms with Crippen molar-refractivity contribution in [1.82, 2.24) is 15.1 Å². The molecule has 2 atom stereocenters. The number of carbonyl (C=O) groups excluding carboxylic acids is 1. The fraction of sp³-hybridized carbons (Fsp3) is 0.652. The molecule has 0 amide bonds. The van der Waals surface area contributed by atoms with Crippen LogP contribution in [0, 0.1) is 5.92 Å². The number of nitrogens with one attached hydrogen (secondary N) is 1. The SMILES string of the molecule is CCOC(=O)C1CCCN(C(=NC)NCC(c2ccc(OC)cc2)N2CCCC2)C1.I. The third kappa shape index (κ3) is 6.97. The van der Waals surface area contributed by atoms with E-state index in [2.05, 4.69) is 32.2 Å². The van der Waals surface area contributed by atoms with E-state index in [4.69, 9.17) is 9.47 Å². The highest BCUT2D eigenvalue weighted by Gasteiger charge is 2.29. The molecule has 7 nitrogen and oxygen atoms in total. The average molecular weight is 544 g/mol. The van der Waals surface area contributed by atoms with Crippen LogP contribution in [-0.4, -0.2) is 75.2 Å². The molecule has 2 saturated heterocycles. The number of benzene rings is 1. The van der Waals surface area contributed by atoms with Gasteiger partial charge >= 0.3 is 5.97 Å². The number of aliphatic imine (C=N–C) groups is 1. The van der Waals surface area contributed by atoms with E-state index in [0.717, 1.165) is 50.7 Å². The van der Waals surface area contributed by atoms with E-state index < -0.39 is 0 Å². The van der Waals surface area contributed by atoms with Crippen LogP contribution in [0.1, 0.15) is 44.2 Å². The zero-order valence-electron chi connectivity index (χ0n) is 19.0. The van der Waals surface area contributed by atoms with Crippen LogP contribution < -0.4 is 10.1 Å². The lowest BCUT2D eigenvalue weighted by Crippen LogP contribution is -2.50. The first-order valence-electron chi connectivity index (χ1n) is 11.2. The van der Waals surface area contributed by atoms with Crippen molar-refractivity contribution in [2.75, 3.05) is 53.5 Å². The van der Waals surface area contributed by atoms with Gasteiger partial charge in [0.05, 0.1) is 25.7 Å². The second-order valence-corrected chi connectivity index (χ2v) is 8.00. The number of hydrogen-bond donors (Lipinski definition) is 1. The monoisotopic (exact) mass is 544 g/mol. The van der Waals surface area contributed by atoms with Crippen molar-refractivity contribution < 1.29 is 14.3 Å². The smallest absolute Gasteiger partial charge is 0.310 e. The first kappa shape index (κ1) is 25.7. The Kier molecular flexibility index (Phi) is 10.9. The zero-order chi connectivity index (χ0) is 21.3. The van der Waals surface area contributed by atoms with E-state index in [1.165, 1.54) is 18.4 Å². The molecule has 1 N–H and O–H groups in total. The van der Waals surface area contributed by atoms with Gasteiger partial charge in [0.1, 0.15) is 5.75 Å². The molecule has 1 aromatic carbocycles. The Morgan fingerprint density at radius 1 is 1.19 bits per heavy atom. The van der Waals surface area contributed by atoms with E-state index in [1.807, 2.05) is 26.1 Å². The largest absolute Gasteiger partial charge is 0.497 e. The number of piperidine rings is 1. The van der Waals surface area contributed by atoms with Crippen LogP contribution in [0.25, 0.3) is 0 Å². The average Bonchev–Trinajstić information content (AvgIpc) is 3.32. The lowest BCUT2D eigenvalue weighted by molar-refractivity contribution is -0.149. The maximum Gasteiger partial charge on any atom is 0.310 e. The molecule has 8 heteroatoms. The number of guanidine groups is 1. The molecule has 0 spiro atoms. The quantitative estimate of drug-likeness (QED) is 0.246. The molecule has 0 saturated carbocycles. The summed E-state index contributed by atoms with van der Waals surface area (Å²) in [5.74, 6) is 1.57. The van der Waals surface area contributed by atoms with Gasteiger partial charge in [-0.25, -0.2) is 0 Å². The number of ether oxygens (including phenoxy) is 2. The highest BCUT2D eigenvalue weighted by atomic mass is 127. The minimum atomic E-state index is -0.0918. The number of rotatable bonds is 7. The second kappa shape index (κ2) is 13.1. The lowest BCUT2D eigenvalue weighted by atomic mass is 9.98. The summed E-state index contributed by atoms with van der Waals surface area (Å²) in [6.07, 6.45) is 4.34.